The maximum absolute atomic E-state index is 12.1. The second kappa shape index (κ2) is 5.34. The number of amidine groups is 1. The summed E-state index contributed by atoms with van der Waals surface area (Å²) in [6.07, 6.45) is 1.00. The van der Waals surface area contributed by atoms with Gasteiger partial charge in [0.2, 0.25) is 5.91 Å². The van der Waals surface area contributed by atoms with Gasteiger partial charge in [-0.15, -0.1) is 22.7 Å². The lowest BCUT2D eigenvalue weighted by Gasteiger charge is -2.36. The van der Waals surface area contributed by atoms with Gasteiger partial charge in [0.1, 0.15) is 16.8 Å². The molecule has 22 heavy (non-hydrogen) atoms. The van der Waals surface area contributed by atoms with E-state index in [0.29, 0.717) is 23.6 Å². The highest BCUT2D eigenvalue weighted by atomic mass is 32.1. The van der Waals surface area contributed by atoms with Crippen molar-refractivity contribution < 1.29 is 4.79 Å². The standard InChI is InChI=1S/C16H15N3OS2/c1-16(6-14(18)19(2)15(20)7-16)13-5-10(9-21-13)12-4-3-11(8-17)22-12/h3-5,9,18H,6-7H2,1-2H3/t16-/m0/s1. The zero-order valence-corrected chi connectivity index (χ0v) is 14.0. The summed E-state index contributed by atoms with van der Waals surface area (Å²) in [6.45, 7) is 2.05. The minimum absolute atomic E-state index is 0.00316. The first-order valence-electron chi connectivity index (χ1n) is 6.86. The van der Waals surface area contributed by atoms with Gasteiger partial charge in [-0.1, -0.05) is 6.92 Å². The summed E-state index contributed by atoms with van der Waals surface area (Å²) in [5, 5.41) is 19.0. The fraction of sp³-hybridized carbons (Fsp3) is 0.312. The summed E-state index contributed by atoms with van der Waals surface area (Å²) in [7, 11) is 1.67. The Kier molecular flexibility index (Phi) is 3.63. The number of thiophene rings is 2. The third-order valence-electron chi connectivity index (χ3n) is 4.07. The van der Waals surface area contributed by atoms with Crippen molar-refractivity contribution in [3.05, 3.63) is 33.3 Å². The summed E-state index contributed by atoms with van der Waals surface area (Å²) in [4.78, 5) is 16.4. The summed E-state index contributed by atoms with van der Waals surface area (Å²) < 4.78 is 0. The Morgan fingerprint density at radius 1 is 1.41 bits per heavy atom. The van der Waals surface area contributed by atoms with Crippen LogP contribution in [0.1, 0.15) is 29.5 Å². The van der Waals surface area contributed by atoms with Gasteiger partial charge in [0.25, 0.3) is 0 Å². The highest BCUT2D eigenvalue weighted by Gasteiger charge is 2.39. The summed E-state index contributed by atoms with van der Waals surface area (Å²) in [5.74, 6) is 0.369. The molecule has 3 heterocycles. The number of rotatable bonds is 2. The number of hydrogen-bond acceptors (Lipinski definition) is 5. The molecule has 1 aliphatic heterocycles. The SMILES string of the molecule is CN1C(=N)C[C@](C)(c2cc(-c3ccc(C#N)s3)cs2)CC1=O. The fourth-order valence-corrected chi connectivity index (χ4v) is 4.60. The molecule has 3 rings (SSSR count). The highest BCUT2D eigenvalue weighted by molar-refractivity contribution is 7.16. The van der Waals surface area contributed by atoms with Crippen LogP contribution in [0.2, 0.25) is 0 Å². The van der Waals surface area contributed by atoms with E-state index < -0.39 is 0 Å². The molecule has 0 aliphatic carbocycles. The van der Waals surface area contributed by atoms with Crippen molar-refractivity contribution in [3.8, 4) is 16.5 Å². The Morgan fingerprint density at radius 2 is 2.18 bits per heavy atom. The molecule has 0 bridgehead atoms. The molecule has 1 N–H and O–H groups in total. The molecule has 0 spiro atoms. The van der Waals surface area contributed by atoms with E-state index in [9.17, 15) is 4.79 Å². The quantitative estimate of drug-likeness (QED) is 0.909. The van der Waals surface area contributed by atoms with Crippen LogP contribution in [0.3, 0.4) is 0 Å². The number of nitrogens with one attached hydrogen (secondary N) is 1. The Labute approximate surface area is 137 Å². The molecule has 0 radical (unpaired) electrons. The van der Waals surface area contributed by atoms with Crippen molar-refractivity contribution in [2.24, 2.45) is 0 Å². The van der Waals surface area contributed by atoms with Crippen LogP contribution in [0.5, 0.6) is 0 Å². The van der Waals surface area contributed by atoms with E-state index in [-0.39, 0.29) is 11.3 Å². The molecule has 6 heteroatoms. The Balaban J connectivity index is 1.92. The van der Waals surface area contributed by atoms with Crippen LogP contribution in [0.15, 0.2) is 23.6 Å². The predicted molar refractivity (Wildman–Crippen MR) is 89.4 cm³/mol. The Bertz CT molecular complexity index is 778. The molecular formula is C16H15N3OS2. The van der Waals surface area contributed by atoms with E-state index in [1.807, 2.05) is 12.1 Å². The number of carbonyl (C=O) groups excluding carboxylic acids is 1. The molecular weight excluding hydrogens is 314 g/mol. The summed E-state index contributed by atoms with van der Waals surface area (Å²) in [6, 6.07) is 8.04. The molecule has 1 saturated heterocycles. The number of piperidine rings is 1. The van der Waals surface area contributed by atoms with Crippen molar-refractivity contribution in [2.45, 2.75) is 25.2 Å². The highest BCUT2D eigenvalue weighted by Crippen LogP contribution is 2.42. The lowest BCUT2D eigenvalue weighted by atomic mass is 9.78. The lowest BCUT2D eigenvalue weighted by molar-refractivity contribution is -0.128. The molecule has 4 nitrogen and oxygen atoms in total. The van der Waals surface area contributed by atoms with Gasteiger partial charge in [0.15, 0.2) is 0 Å². The van der Waals surface area contributed by atoms with E-state index in [2.05, 4.69) is 24.4 Å². The number of likely N-dealkylation sites (tertiary alicyclic amines) is 1. The van der Waals surface area contributed by atoms with Gasteiger partial charge >= 0.3 is 0 Å². The van der Waals surface area contributed by atoms with E-state index in [0.717, 1.165) is 15.3 Å². The molecule has 112 valence electrons. The molecule has 2 aromatic heterocycles. The van der Waals surface area contributed by atoms with Crippen molar-refractivity contribution in [3.63, 3.8) is 0 Å². The fourth-order valence-electron chi connectivity index (χ4n) is 2.66. The topological polar surface area (TPSA) is 68.0 Å². The number of amides is 1. The van der Waals surface area contributed by atoms with E-state index in [1.54, 1.807) is 18.4 Å². The third-order valence-corrected chi connectivity index (χ3v) is 6.35. The van der Waals surface area contributed by atoms with Crippen LogP contribution in [0.4, 0.5) is 0 Å². The minimum Gasteiger partial charge on any atom is -0.304 e. The van der Waals surface area contributed by atoms with Crippen LogP contribution >= 0.6 is 22.7 Å². The van der Waals surface area contributed by atoms with E-state index in [4.69, 9.17) is 10.7 Å². The van der Waals surface area contributed by atoms with Gasteiger partial charge in [0, 0.05) is 40.6 Å². The molecule has 2 aromatic rings. The van der Waals surface area contributed by atoms with Crippen molar-refractivity contribution in [1.29, 1.82) is 10.7 Å². The van der Waals surface area contributed by atoms with Crippen LogP contribution in [-0.2, 0) is 10.2 Å². The molecule has 1 fully saturated rings. The van der Waals surface area contributed by atoms with Crippen LogP contribution in [-0.4, -0.2) is 23.7 Å². The van der Waals surface area contributed by atoms with Gasteiger partial charge in [0.05, 0.1) is 0 Å². The van der Waals surface area contributed by atoms with E-state index in [1.165, 1.54) is 16.2 Å². The average molecular weight is 329 g/mol. The third kappa shape index (κ3) is 2.47. The zero-order valence-electron chi connectivity index (χ0n) is 12.3. The normalized spacial score (nSPS) is 22.0. The zero-order chi connectivity index (χ0) is 15.9. The second-order valence-corrected chi connectivity index (χ2v) is 7.78. The first-order chi connectivity index (χ1) is 10.4. The van der Waals surface area contributed by atoms with Gasteiger partial charge in [-0.05, 0) is 23.6 Å². The lowest BCUT2D eigenvalue weighted by Crippen LogP contribution is -2.46. The molecule has 0 aromatic carbocycles. The van der Waals surface area contributed by atoms with Crippen LogP contribution in [0, 0.1) is 16.7 Å². The van der Waals surface area contributed by atoms with Crippen LogP contribution in [0.25, 0.3) is 10.4 Å². The first-order valence-corrected chi connectivity index (χ1v) is 8.56. The van der Waals surface area contributed by atoms with Crippen molar-refractivity contribution in [2.75, 3.05) is 7.05 Å². The average Bonchev–Trinajstić information content (AvgIpc) is 3.13. The molecule has 0 saturated carbocycles. The summed E-state index contributed by atoms with van der Waals surface area (Å²) >= 11 is 3.10. The maximum atomic E-state index is 12.1. The van der Waals surface area contributed by atoms with E-state index >= 15 is 0 Å². The van der Waals surface area contributed by atoms with Gasteiger partial charge in [-0.3, -0.25) is 10.2 Å². The van der Waals surface area contributed by atoms with Gasteiger partial charge in [-0.25, -0.2) is 0 Å². The van der Waals surface area contributed by atoms with Crippen molar-refractivity contribution >= 4 is 34.4 Å². The minimum atomic E-state index is -0.307. The molecule has 1 amide bonds. The number of nitriles is 1. The van der Waals surface area contributed by atoms with Crippen molar-refractivity contribution in [1.82, 2.24) is 4.90 Å². The maximum Gasteiger partial charge on any atom is 0.228 e. The monoisotopic (exact) mass is 329 g/mol. The van der Waals surface area contributed by atoms with Gasteiger partial charge < -0.3 is 4.90 Å². The Hall–Kier alpha value is -1.97. The second-order valence-electron chi connectivity index (χ2n) is 5.79. The predicted octanol–water partition coefficient (Wildman–Crippen LogP) is 3.84. The summed E-state index contributed by atoms with van der Waals surface area (Å²) in [5.41, 5.74) is 0.782. The molecule has 1 aliphatic rings. The van der Waals surface area contributed by atoms with Gasteiger partial charge in [-0.2, -0.15) is 5.26 Å². The largest absolute Gasteiger partial charge is 0.304 e. The number of nitrogens with zero attached hydrogens (tertiary/aromatic N) is 2. The molecule has 0 unspecified atom stereocenters. The first kappa shape index (κ1) is 14.9. The number of carbonyl (C=O) groups is 1. The Morgan fingerprint density at radius 3 is 2.82 bits per heavy atom. The smallest absolute Gasteiger partial charge is 0.228 e. The van der Waals surface area contributed by atoms with Crippen LogP contribution < -0.4 is 0 Å². The molecule has 1 atom stereocenters. The number of hydrogen-bond donors (Lipinski definition) is 1.